The number of hydrogen-bond donors (Lipinski definition) is 0. The number of ketones is 1. The maximum absolute atomic E-state index is 12.2. The van der Waals surface area contributed by atoms with Crippen molar-refractivity contribution in [2.45, 2.75) is 13.5 Å². The number of aromatic nitrogens is 1. The summed E-state index contributed by atoms with van der Waals surface area (Å²) >= 11 is 1.10. The van der Waals surface area contributed by atoms with Gasteiger partial charge in [0.05, 0.1) is 19.2 Å². The lowest BCUT2D eigenvalue weighted by molar-refractivity contribution is 0.0967. The highest BCUT2D eigenvalue weighted by Crippen LogP contribution is 2.18. The molecule has 0 saturated carbocycles. The standard InChI is InChI=1S/C13H13NO3S/c1-9-8-18-13(16)14(9)7-11(15)10-5-3-4-6-12(10)17-2/h3-6,8H,7H2,1-2H3. The fraction of sp³-hybridized carbons (Fsp3) is 0.231. The van der Waals surface area contributed by atoms with Gasteiger partial charge in [-0.25, -0.2) is 0 Å². The zero-order chi connectivity index (χ0) is 13.1. The molecule has 1 aromatic carbocycles. The van der Waals surface area contributed by atoms with Gasteiger partial charge < -0.3 is 4.74 Å². The van der Waals surface area contributed by atoms with Gasteiger partial charge in [0.15, 0.2) is 5.78 Å². The number of benzene rings is 1. The Bertz CT molecular complexity index is 627. The summed E-state index contributed by atoms with van der Waals surface area (Å²) in [6, 6.07) is 7.01. The van der Waals surface area contributed by atoms with Crippen molar-refractivity contribution in [1.82, 2.24) is 4.57 Å². The van der Waals surface area contributed by atoms with Crippen molar-refractivity contribution >= 4 is 17.1 Å². The van der Waals surface area contributed by atoms with E-state index in [2.05, 4.69) is 0 Å². The number of rotatable bonds is 4. The molecule has 2 aromatic rings. The lowest BCUT2D eigenvalue weighted by atomic mass is 10.1. The number of carbonyl (C=O) groups excluding carboxylic acids is 1. The summed E-state index contributed by atoms with van der Waals surface area (Å²) in [6.45, 7) is 1.86. The third-order valence-electron chi connectivity index (χ3n) is 2.69. The summed E-state index contributed by atoms with van der Waals surface area (Å²) < 4.78 is 6.61. The smallest absolute Gasteiger partial charge is 0.307 e. The van der Waals surface area contributed by atoms with Crippen molar-refractivity contribution < 1.29 is 9.53 Å². The zero-order valence-electron chi connectivity index (χ0n) is 10.2. The second-order valence-electron chi connectivity index (χ2n) is 3.85. The SMILES string of the molecule is COc1ccccc1C(=O)Cn1c(C)csc1=O. The molecule has 0 bridgehead atoms. The summed E-state index contributed by atoms with van der Waals surface area (Å²) in [5.74, 6) is 0.402. The van der Waals surface area contributed by atoms with Gasteiger partial charge in [-0.2, -0.15) is 0 Å². The van der Waals surface area contributed by atoms with Crippen LogP contribution in [0.5, 0.6) is 5.75 Å². The molecule has 18 heavy (non-hydrogen) atoms. The van der Waals surface area contributed by atoms with E-state index in [-0.39, 0.29) is 17.2 Å². The Balaban J connectivity index is 2.31. The van der Waals surface area contributed by atoms with Gasteiger partial charge in [-0.05, 0) is 19.1 Å². The molecule has 0 fully saturated rings. The van der Waals surface area contributed by atoms with Gasteiger partial charge in [-0.3, -0.25) is 14.2 Å². The van der Waals surface area contributed by atoms with Crippen LogP contribution in [0.1, 0.15) is 16.1 Å². The van der Waals surface area contributed by atoms with E-state index in [4.69, 9.17) is 4.74 Å². The van der Waals surface area contributed by atoms with E-state index in [1.165, 1.54) is 11.7 Å². The largest absolute Gasteiger partial charge is 0.496 e. The van der Waals surface area contributed by atoms with Crippen LogP contribution in [0.4, 0.5) is 0 Å². The van der Waals surface area contributed by atoms with Gasteiger partial charge in [0.25, 0.3) is 0 Å². The summed E-state index contributed by atoms with van der Waals surface area (Å²) in [5, 5.41) is 1.75. The molecule has 0 saturated heterocycles. The summed E-state index contributed by atoms with van der Waals surface area (Å²) in [6.07, 6.45) is 0. The predicted octanol–water partition coefficient (Wildman–Crippen LogP) is 2.11. The Labute approximate surface area is 108 Å². The van der Waals surface area contributed by atoms with Gasteiger partial charge in [-0.1, -0.05) is 23.5 Å². The fourth-order valence-electron chi connectivity index (χ4n) is 1.70. The van der Waals surface area contributed by atoms with Gasteiger partial charge in [0.2, 0.25) is 0 Å². The molecule has 0 atom stereocenters. The quantitative estimate of drug-likeness (QED) is 0.794. The minimum atomic E-state index is -0.129. The summed E-state index contributed by atoms with van der Waals surface area (Å²) in [4.78, 5) is 23.6. The monoisotopic (exact) mass is 263 g/mol. The Morgan fingerprint density at radius 2 is 2.11 bits per heavy atom. The van der Waals surface area contributed by atoms with E-state index in [1.54, 1.807) is 29.6 Å². The summed E-state index contributed by atoms with van der Waals surface area (Å²) in [5.41, 5.74) is 1.30. The second kappa shape index (κ2) is 5.18. The van der Waals surface area contributed by atoms with Crippen LogP contribution >= 0.6 is 11.3 Å². The van der Waals surface area contributed by atoms with E-state index in [0.29, 0.717) is 11.3 Å². The first-order valence-corrected chi connectivity index (χ1v) is 6.32. The molecule has 0 radical (unpaired) electrons. The molecule has 1 heterocycles. The average Bonchev–Trinajstić information content (AvgIpc) is 2.70. The third-order valence-corrected chi connectivity index (χ3v) is 3.57. The molecule has 0 spiro atoms. The number of ether oxygens (including phenoxy) is 1. The minimum absolute atomic E-state index is 0.0501. The highest BCUT2D eigenvalue weighted by molar-refractivity contribution is 7.07. The lowest BCUT2D eigenvalue weighted by Gasteiger charge is -2.08. The van der Waals surface area contributed by atoms with Crippen molar-refractivity contribution in [3.05, 3.63) is 50.6 Å². The van der Waals surface area contributed by atoms with Crippen LogP contribution in [0, 0.1) is 6.92 Å². The van der Waals surface area contributed by atoms with Gasteiger partial charge in [0.1, 0.15) is 5.75 Å². The summed E-state index contributed by atoms with van der Waals surface area (Å²) in [7, 11) is 1.52. The first kappa shape index (κ1) is 12.6. The van der Waals surface area contributed by atoms with Crippen molar-refractivity contribution in [3.8, 4) is 5.75 Å². The van der Waals surface area contributed by atoms with Crippen LogP contribution in [0.3, 0.4) is 0 Å². The van der Waals surface area contributed by atoms with E-state index in [9.17, 15) is 9.59 Å². The number of carbonyl (C=O) groups is 1. The van der Waals surface area contributed by atoms with Crippen LogP contribution in [-0.4, -0.2) is 17.5 Å². The molecular formula is C13H13NO3S. The van der Waals surface area contributed by atoms with Crippen molar-refractivity contribution in [2.24, 2.45) is 0 Å². The van der Waals surface area contributed by atoms with Crippen LogP contribution in [0.25, 0.3) is 0 Å². The molecule has 0 aliphatic rings. The fourth-order valence-corrected chi connectivity index (χ4v) is 2.43. The van der Waals surface area contributed by atoms with E-state index in [0.717, 1.165) is 17.0 Å². The second-order valence-corrected chi connectivity index (χ2v) is 4.67. The number of Topliss-reactive ketones (excluding diaryl/α,β-unsaturated/α-hetero) is 1. The topological polar surface area (TPSA) is 48.3 Å². The van der Waals surface area contributed by atoms with E-state index in [1.807, 2.05) is 6.92 Å². The molecule has 0 aliphatic carbocycles. The minimum Gasteiger partial charge on any atom is -0.496 e. The molecule has 94 valence electrons. The molecule has 0 unspecified atom stereocenters. The maximum Gasteiger partial charge on any atom is 0.307 e. The van der Waals surface area contributed by atoms with Crippen molar-refractivity contribution in [1.29, 1.82) is 0 Å². The Hall–Kier alpha value is -1.88. The number of methoxy groups -OCH3 is 1. The Morgan fingerprint density at radius 3 is 2.72 bits per heavy atom. The number of thiazole rings is 1. The number of nitrogens with zero attached hydrogens (tertiary/aromatic N) is 1. The molecule has 0 aliphatic heterocycles. The highest BCUT2D eigenvalue weighted by Gasteiger charge is 2.14. The van der Waals surface area contributed by atoms with Crippen LogP contribution < -0.4 is 9.61 Å². The molecule has 0 N–H and O–H groups in total. The molecule has 1 aromatic heterocycles. The number of para-hydroxylation sites is 1. The zero-order valence-corrected chi connectivity index (χ0v) is 11.0. The van der Waals surface area contributed by atoms with Gasteiger partial charge in [0, 0.05) is 11.1 Å². The molecule has 5 heteroatoms. The molecular weight excluding hydrogens is 250 g/mol. The lowest BCUT2D eigenvalue weighted by Crippen LogP contribution is -2.20. The highest BCUT2D eigenvalue weighted by atomic mass is 32.1. The first-order chi connectivity index (χ1) is 8.63. The molecule has 2 rings (SSSR count). The van der Waals surface area contributed by atoms with Crippen molar-refractivity contribution in [2.75, 3.05) is 7.11 Å². The van der Waals surface area contributed by atoms with Crippen LogP contribution in [0.2, 0.25) is 0 Å². The number of hydrogen-bond acceptors (Lipinski definition) is 4. The van der Waals surface area contributed by atoms with Gasteiger partial charge in [-0.15, -0.1) is 0 Å². The Kier molecular flexibility index (Phi) is 3.62. The molecule has 4 nitrogen and oxygen atoms in total. The van der Waals surface area contributed by atoms with E-state index < -0.39 is 0 Å². The third kappa shape index (κ3) is 2.36. The predicted molar refractivity (Wildman–Crippen MR) is 70.6 cm³/mol. The first-order valence-electron chi connectivity index (χ1n) is 5.44. The average molecular weight is 263 g/mol. The number of aryl methyl sites for hydroxylation is 1. The van der Waals surface area contributed by atoms with E-state index >= 15 is 0 Å². The maximum atomic E-state index is 12.2. The Morgan fingerprint density at radius 1 is 1.39 bits per heavy atom. The van der Waals surface area contributed by atoms with Gasteiger partial charge >= 0.3 is 4.87 Å². The normalized spacial score (nSPS) is 10.3. The van der Waals surface area contributed by atoms with Crippen LogP contribution in [-0.2, 0) is 6.54 Å². The van der Waals surface area contributed by atoms with Crippen molar-refractivity contribution in [3.63, 3.8) is 0 Å². The molecule has 0 amide bonds. The van der Waals surface area contributed by atoms with Crippen LogP contribution in [0.15, 0.2) is 34.4 Å².